The number of amidine groups is 1. The number of carbonyl (C=O) groups is 1. The molecule has 6 rings (SSSR count). The summed E-state index contributed by atoms with van der Waals surface area (Å²) in [7, 11) is 0. The molecule has 2 aliphatic carbocycles. The van der Waals surface area contributed by atoms with Crippen molar-refractivity contribution in [2.24, 2.45) is 22.2 Å². The van der Waals surface area contributed by atoms with Gasteiger partial charge in [0.2, 0.25) is 0 Å². The highest BCUT2D eigenvalue weighted by Crippen LogP contribution is 2.54. The first-order valence-electron chi connectivity index (χ1n) is 12.9. The maximum atomic E-state index is 12.9. The zero-order chi connectivity index (χ0) is 26.3. The number of aromatic nitrogens is 4. The molecule has 4 heterocycles. The first-order valence-corrected chi connectivity index (χ1v) is 13.3. The van der Waals surface area contributed by atoms with E-state index in [1.54, 1.807) is 35.5 Å². The molecule has 38 heavy (non-hydrogen) atoms. The predicted molar refractivity (Wildman–Crippen MR) is 146 cm³/mol. The molecule has 10 nitrogen and oxygen atoms in total. The normalized spacial score (nSPS) is 22.3. The van der Waals surface area contributed by atoms with Gasteiger partial charge >= 0.3 is 0 Å². The number of hydrogen-bond donors (Lipinski definition) is 4. The minimum absolute atomic E-state index is 0.0933. The largest absolute Gasteiger partial charge is 0.384 e. The third kappa shape index (κ3) is 4.71. The van der Waals surface area contributed by atoms with Crippen molar-refractivity contribution in [2.75, 3.05) is 0 Å². The molecule has 1 unspecified atom stereocenters. The second kappa shape index (κ2) is 9.75. The van der Waals surface area contributed by atoms with E-state index in [4.69, 9.17) is 27.8 Å². The number of nitrogens with two attached hydrogens (primary N) is 1. The second-order valence-corrected chi connectivity index (χ2v) is 10.8. The number of rotatable bonds is 7. The minimum Gasteiger partial charge on any atom is -0.384 e. The summed E-state index contributed by atoms with van der Waals surface area (Å²) in [6.07, 6.45) is 16.9. The molecule has 2 saturated carbocycles. The number of amides is 1. The zero-order valence-electron chi connectivity index (χ0n) is 21.0. The van der Waals surface area contributed by atoms with Gasteiger partial charge in [0.1, 0.15) is 5.84 Å². The molecule has 1 aliphatic heterocycles. The van der Waals surface area contributed by atoms with Crippen LogP contribution >= 0.6 is 11.6 Å². The van der Waals surface area contributed by atoms with Crippen molar-refractivity contribution in [1.82, 2.24) is 29.9 Å². The van der Waals surface area contributed by atoms with Crippen LogP contribution in [0.15, 0.2) is 65.6 Å². The number of nitrogens with zero attached hydrogens (tertiary/aromatic N) is 5. The summed E-state index contributed by atoms with van der Waals surface area (Å²) in [4.78, 5) is 17.3. The number of nitrogens with one attached hydrogen (secondary N) is 3. The molecule has 3 aromatic heterocycles. The number of hydrogen-bond acceptors (Lipinski definition) is 6. The summed E-state index contributed by atoms with van der Waals surface area (Å²) in [6.45, 7) is 0.753. The van der Waals surface area contributed by atoms with Gasteiger partial charge in [-0.05, 0) is 68.2 Å². The predicted octanol–water partition coefficient (Wildman–Crippen LogP) is 3.79. The van der Waals surface area contributed by atoms with Crippen LogP contribution in [-0.4, -0.2) is 36.6 Å². The first kappa shape index (κ1) is 24.4. The molecule has 11 heteroatoms. The number of halogens is 1. The van der Waals surface area contributed by atoms with E-state index in [2.05, 4.69) is 27.0 Å². The van der Waals surface area contributed by atoms with E-state index >= 15 is 0 Å². The van der Waals surface area contributed by atoms with E-state index in [9.17, 15) is 4.79 Å². The van der Waals surface area contributed by atoms with Crippen LogP contribution in [0, 0.1) is 16.7 Å². The van der Waals surface area contributed by atoms with Crippen molar-refractivity contribution in [3.8, 4) is 0 Å². The molecule has 1 amide bonds. The molecule has 1 atom stereocenters. The lowest BCUT2D eigenvalue weighted by molar-refractivity contribution is 0.0950. The number of hydrazone groups is 1. The van der Waals surface area contributed by atoms with Crippen molar-refractivity contribution >= 4 is 34.6 Å². The van der Waals surface area contributed by atoms with Crippen LogP contribution in [0.1, 0.15) is 54.6 Å². The molecular weight excluding hydrogens is 502 g/mol. The zero-order valence-corrected chi connectivity index (χ0v) is 21.7. The fraction of sp³-hybridized carbons (Fsp3) is 0.370. The van der Waals surface area contributed by atoms with Crippen LogP contribution in [0.2, 0.25) is 5.02 Å². The Balaban J connectivity index is 1.18. The summed E-state index contributed by atoms with van der Waals surface area (Å²) in [6, 6.07) is 3.62. The van der Waals surface area contributed by atoms with Gasteiger partial charge < -0.3 is 15.5 Å². The Labute approximate surface area is 225 Å². The molecule has 2 fully saturated rings. The highest BCUT2D eigenvalue weighted by Gasteiger charge is 2.48. The monoisotopic (exact) mass is 531 g/mol. The van der Waals surface area contributed by atoms with Crippen molar-refractivity contribution in [1.29, 1.82) is 5.41 Å². The summed E-state index contributed by atoms with van der Waals surface area (Å²) >= 11 is 6.13. The number of carbonyl (C=O) groups excluding carboxylic acids is 1. The highest BCUT2D eigenvalue weighted by molar-refractivity contribution is 6.30. The Morgan fingerprint density at radius 2 is 2.26 bits per heavy atom. The van der Waals surface area contributed by atoms with Gasteiger partial charge in [0.15, 0.2) is 0 Å². The topological polar surface area (TPSA) is 138 Å². The Kier molecular flexibility index (Phi) is 6.27. The summed E-state index contributed by atoms with van der Waals surface area (Å²) in [5, 5.41) is 20.5. The van der Waals surface area contributed by atoms with Crippen molar-refractivity contribution in [2.45, 2.75) is 51.6 Å². The average molecular weight is 532 g/mol. The third-order valence-corrected chi connectivity index (χ3v) is 7.97. The molecule has 3 aromatic rings. The second-order valence-electron chi connectivity index (χ2n) is 10.4. The van der Waals surface area contributed by atoms with E-state index < -0.39 is 0 Å². The maximum Gasteiger partial charge on any atom is 0.254 e. The molecule has 5 N–H and O–H groups in total. The van der Waals surface area contributed by atoms with E-state index in [0.29, 0.717) is 23.0 Å². The molecule has 0 aromatic carbocycles. The van der Waals surface area contributed by atoms with E-state index in [1.165, 1.54) is 24.0 Å². The van der Waals surface area contributed by atoms with Crippen LogP contribution in [0.5, 0.6) is 0 Å². The third-order valence-electron chi connectivity index (χ3n) is 7.74. The quantitative estimate of drug-likeness (QED) is 0.271. The minimum atomic E-state index is -0.222. The number of imidazole rings is 1. The van der Waals surface area contributed by atoms with E-state index in [-0.39, 0.29) is 23.7 Å². The van der Waals surface area contributed by atoms with Gasteiger partial charge in [0.05, 0.1) is 48.1 Å². The van der Waals surface area contributed by atoms with Crippen molar-refractivity contribution in [3.05, 3.63) is 76.8 Å². The highest BCUT2D eigenvalue weighted by atomic mass is 35.5. The van der Waals surface area contributed by atoms with Gasteiger partial charge in [-0.1, -0.05) is 17.2 Å². The van der Waals surface area contributed by atoms with E-state index in [1.807, 2.05) is 16.7 Å². The molecule has 1 spiro atoms. The lowest BCUT2D eigenvalue weighted by Gasteiger charge is -2.43. The molecule has 0 radical (unpaired) electrons. The molecule has 3 aliphatic rings. The first-order chi connectivity index (χ1) is 18.4. The van der Waals surface area contributed by atoms with Crippen molar-refractivity contribution < 1.29 is 4.79 Å². The molecule has 0 bridgehead atoms. The van der Waals surface area contributed by atoms with Gasteiger partial charge in [-0.3, -0.25) is 20.3 Å². The maximum absolute atomic E-state index is 12.9. The lowest BCUT2D eigenvalue weighted by Crippen LogP contribution is -2.43. The summed E-state index contributed by atoms with van der Waals surface area (Å²) in [5.41, 5.74) is 14.3. The fourth-order valence-electron chi connectivity index (χ4n) is 5.84. The number of fused-ring (bicyclic) bond motifs is 1. The van der Waals surface area contributed by atoms with Gasteiger partial charge in [-0.25, -0.2) is 4.98 Å². The Morgan fingerprint density at radius 3 is 3.08 bits per heavy atom. The Bertz CT molecular complexity index is 1510. The van der Waals surface area contributed by atoms with Crippen molar-refractivity contribution in [3.63, 3.8) is 0 Å². The SMILES string of the molecule is N=C(N)/C=C1/CCCC2(C1)C(C1CC1)=CNN=C2Cn1cc(C(=O)NCc2ncn3ccc(Cl)cc23)cn1. The van der Waals surface area contributed by atoms with Gasteiger partial charge in [-0.15, -0.1) is 0 Å². The summed E-state index contributed by atoms with van der Waals surface area (Å²) in [5.74, 6) is 0.439. The molecule has 0 saturated heterocycles. The van der Waals surface area contributed by atoms with Crippen LogP contribution in [0.25, 0.3) is 5.52 Å². The number of pyridine rings is 1. The number of allylic oxidation sites excluding steroid dienone is 2. The average Bonchev–Trinajstić information content (AvgIpc) is 3.48. The molecule has 196 valence electrons. The summed E-state index contributed by atoms with van der Waals surface area (Å²) < 4.78 is 3.65. The smallest absolute Gasteiger partial charge is 0.254 e. The van der Waals surface area contributed by atoms with Crippen LogP contribution in [-0.2, 0) is 13.1 Å². The van der Waals surface area contributed by atoms with E-state index in [0.717, 1.165) is 42.6 Å². The fourth-order valence-corrected chi connectivity index (χ4v) is 6.00. The molecular formula is C27H30ClN9O. The standard InChI is InChI=1S/C27H30ClN9O/c28-20-5-7-36-16-32-22(23(36)9-20)13-31-26(38)19-11-34-37(14-19)15-24-27(21(12-33-35-24)18-3-4-18)6-1-2-17(10-27)8-25(29)30/h5,7-9,11-12,14,16,18,33H,1-4,6,10,13,15H2,(H3,29,30)(H,31,38)/b17-8-. The van der Waals surface area contributed by atoms with Crippen LogP contribution in [0.4, 0.5) is 0 Å². The lowest BCUT2D eigenvalue weighted by atomic mass is 9.63. The Hall–Kier alpha value is -3.92. The van der Waals surface area contributed by atoms with Crippen LogP contribution < -0.4 is 16.5 Å². The Morgan fingerprint density at radius 1 is 1.39 bits per heavy atom. The van der Waals surface area contributed by atoms with Gasteiger partial charge in [-0.2, -0.15) is 10.2 Å². The van der Waals surface area contributed by atoms with Gasteiger partial charge in [0, 0.05) is 29.0 Å². The van der Waals surface area contributed by atoms with Gasteiger partial charge in [0.25, 0.3) is 5.91 Å². The van der Waals surface area contributed by atoms with Crippen LogP contribution in [0.3, 0.4) is 0 Å².